The first-order valence-corrected chi connectivity index (χ1v) is 11.5. The van der Waals surface area contributed by atoms with Crippen molar-refractivity contribution in [2.24, 2.45) is 11.8 Å². The van der Waals surface area contributed by atoms with Gasteiger partial charge in [-0.1, -0.05) is 97.8 Å². The predicted molar refractivity (Wildman–Crippen MR) is 114 cm³/mol. The van der Waals surface area contributed by atoms with Crippen LogP contribution in [0.25, 0.3) is 0 Å². The monoisotopic (exact) mass is 364 g/mol. The molecule has 0 aliphatic heterocycles. The molecule has 1 nitrogen and oxygen atoms in total. The molecule has 1 fully saturated rings. The summed E-state index contributed by atoms with van der Waals surface area (Å²) in [5.41, 5.74) is 3.03. The van der Waals surface area contributed by atoms with E-state index in [2.05, 4.69) is 32.9 Å². The Morgan fingerprint density at radius 3 is 1.77 bits per heavy atom. The minimum Gasteiger partial charge on any atom is -0.313 e. The van der Waals surface area contributed by atoms with Crippen molar-refractivity contribution >= 4 is 17.8 Å². The lowest BCUT2D eigenvalue weighted by molar-refractivity contribution is 0.479. The molecular weight excluding hydrogens is 335 g/mol. The highest BCUT2D eigenvalue weighted by molar-refractivity contribution is 7.78. The maximum absolute atomic E-state index is 14.1. The molecule has 3 rings (SSSR count). The zero-order valence-corrected chi connectivity index (χ0v) is 17.0. The van der Waals surface area contributed by atoms with Gasteiger partial charge in [0.25, 0.3) is 0 Å². The van der Waals surface area contributed by atoms with Gasteiger partial charge in [-0.15, -0.1) is 0 Å². The van der Waals surface area contributed by atoms with E-state index in [4.69, 9.17) is 0 Å². The van der Waals surface area contributed by atoms with Crippen molar-refractivity contribution in [1.29, 1.82) is 0 Å². The van der Waals surface area contributed by atoms with Crippen LogP contribution >= 0.6 is 7.14 Å². The Morgan fingerprint density at radius 2 is 1.35 bits per heavy atom. The second-order valence-electron chi connectivity index (χ2n) is 7.45. The summed E-state index contributed by atoms with van der Waals surface area (Å²) in [6.07, 6.45) is 7.35. The topological polar surface area (TPSA) is 17.1 Å². The third kappa shape index (κ3) is 3.94. The van der Waals surface area contributed by atoms with E-state index in [1.807, 2.05) is 60.7 Å². The smallest absolute Gasteiger partial charge is 0.146 e. The minimum absolute atomic E-state index is 0.586. The van der Waals surface area contributed by atoms with Gasteiger partial charge in [0.05, 0.1) is 0 Å². The van der Waals surface area contributed by atoms with E-state index < -0.39 is 7.14 Å². The summed E-state index contributed by atoms with van der Waals surface area (Å²) >= 11 is 0. The predicted octanol–water partition coefficient (Wildman–Crippen LogP) is 5.94. The highest BCUT2D eigenvalue weighted by atomic mass is 31.2. The highest BCUT2D eigenvalue weighted by Gasteiger charge is 2.28. The average molecular weight is 364 g/mol. The molecule has 2 aromatic carbocycles. The molecule has 0 saturated heterocycles. The van der Waals surface area contributed by atoms with Gasteiger partial charge in [-0.2, -0.15) is 0 Å². The Labute approximate surface area is 158 Å². The first kappa shape index (κ1) is 18.9. The van der Waals surface area contributed by atoms with Crippen LogP contribution in [0.15, 0.2) is 84.0 Å². The van der Waals surface area contributed by atoms with Gasteiger partial charge in [0.2, 0.25) is 0 Å². The summed E-state index contributed by atoms with van der Waals surface area (Å²) in [7, 11) is -2.64. The van der Waals surface area contributed by atoms with Crippen LogP contribution in [0.3, 0.4) is 0 Å². The van der Waals surface area contributed by atoms with Crippen LogP contribution in [0.2, 0.25) is 0 Å². The number of benzene rings is 2. The second-order valence-corrected chi connectivity index (χ2v) is 10.3. The molecule has 2 aromatic rings. The molecule has 1 saturated carbocycles. The molecule has 136 valence electrons. The normalized spacial score (nSPS) is 20.7. The molecule has 0 bridgehead atoms. The van der Waals surface area contributed by atoms with Gasteiger partial charge in [0.1, 0.15) is 7.14 Å². The second kappa shape index (κ2) is 8.23. The Kier molecular flexibility index (Phi) is 5.99. The van der Waals surface area contributed by atoms with Crippen LogP contribution in [-0.4, -0.2) is 6.16 Å². The standard InChI is InChI=1S/C24H29OP/c1-4-24-19(2)17-21(18-20(24)3)15-16-26(25,22-11-7-5-8-12-22)23-13-9-6-10-14-23/h4-15,19-20H,16-18H2,1-3H3/t19-,20-/m1/s1. The van der Waals surface area contributed by atoms with Gasteiger partial charge < -0.3 is 4.57 Å². The first-order valence-electron chi connectivity index (χ1n) is 9.59. The molecule has 0 N–H and O–H groups in total. The average Bonchev–Trinajstić information content (AvgIpc) is 2.67. The third-order valence-corrected chi connectivity index (χ3v) is 8.55. The van der Waals surface area contributed by atoms with E-state index in [0.29, 0.717) is 18.0 Å². The molecule has 2 atom stereocenters. The summed E-state index contributed by atoms with van der Waals surface area (Å²) in [5.74, 6) is 1.17. The summed E-state index contributed by atoms with van der Waals surface area (Å²) in [5, 5.41) is 1.91. The fourth-order valence-electron chi connectivity index (χ4n) is 4.28. The Morgan fingerprint density at radius 1 is 0.885 bits per heavy atom. The molecule has 26 heavy (non-hydrogen) atoms. The molecule has 1 aliphatic rings. The van der Waals surface area contributed by atoms with Gasteiger partial charge >= 0.3 is 0 Å². The van der Waals surface area contributed by atoms with E-state index >= 15 is 0 Å². The molecule has 0 radical (unpaired) electrons. The quantitative estimate of drug-likeness (QED) is 0.485. The summed E-state index contributed by atoms with van der Waals surface area (Å²) in [6, 6.07) is 20.0. The van der Waals surface area contributed by atoms with Crippen LogP contribution < -0.4 is 10.6 Å². The lowest BCUT2D eigenvalue weighted by Gasteiger charge is -2.30. The molecule has 0 unspecified atom stereocenters. The van der Waals surface area contributed by atoms with Crippen LogP contribution in [0, 0.1) is 11.8 Å². The van der Waals surface area contributed by atoms with Gasteiger partial charge in [0.15, 0.2) is 0 Å². The fourth-order valence-corrected chi connectivity index (χ4v) is 6.82. The Hall–Kier alpha value is -1.85. The molecule has 0 heterocycles. The molecule has 2 heteroatoms. The molecular formula is C24H29OP. The highest BCUT2D eigenvalue weighted by Crippen LogP contribution is 2.45. The van der Waals surface area contributed by atoms with Crippen LogP contribution in [-0.2, 0) is 4.57 Å². The largest absolute Gasteiger partial charge is 0.313 e. The summed E-state index contributed by atoms with van der Waals surface area (Å²) in [6.45, 7) is 6.77. The van der Waals surface area contributed by atoms with Crippen molar-refractivity contribution in [3.63, 3.8) is 0 Å². The van der Waals surface area contributed by atoms with Gasteiger partial charge in [-0.25, -0.2) is 0 Å². The molecule has 1 aliphatic carbocycles. The zero-order chi connectivity index (χ0) is 18.6. The van der Waals surface area contributed by atoms with Crippen molar-refractivity contribution in [1.82, 2.24) is 0 Å². The van der Waals surface area contributed by atoms with Crippen LogP contribution in [0.5, 0.6) is 0 Å². The van der Waals surface area contributed by atoms with Crippen molar-refractivity contribution in [2.45, 2.75) is 33.6 Å². The van der Waals surface area contributed by atoms with E-state index in [-0.39, 0.29) is 0 Å². The number of allylic oxidation sites excluding steroid dienone is 4. The van der Waals surface area contributed by atoms with Gasteiger partial charge in [-0.3, -0.25) is 0 Å². The van der Waals surface area contributed by atoms with Gasteiger partial charge in [-0.05, 0) is 31.6 Å². The Balaban J connectivity index is 1.92. The maximum atomic E-state index is 14.1. The van der Waals surface area contributed by atoms with E-state index in [1.165, 1.54) is 5.57 Å². The lowest BCUT2D eigenvalue weighted by Crippen LogP contribution is -2.19. The first-order chi connectivity index (χ1) is 12.5. The van der Waals surface area contributed by atoms with E-state index in [9.17, 15) is 4.57 Å². The van der Waals surface area contributed by atoms with E-state index in [1.54, 1.807) is 5.57 Å². The zero-order valence-electron chi connectivity index (χ0n) is 16.1. The Bertz CT molecular complexity index is 774. The lowest BCUT2D eigenvalue weighted by atomic mass is 9.76. The molecule has 0 amide bonds. The number of hydrogen-bond donors (Lipinski definition) is 0. The van der Waals surface area contributed by atoms with Crippen LogP contribution in [0.1, 0.15) is 33.6 Å². The van der Waals surface area contributed by atoms with Crippen molar-refractivity contribution in [3.05, 3.63) is 84.0 Å². The number of hydrogen-bond acceptors (Lipinski definition) is 1. The van der Waals surface area contributed by atoms with E-state index in [0.717, 1.165) is 23.5 Å². The minimum atomic E-state index is -2.64. The van der Waals surface area contributed by atoms with Gasteiger partial charge in [0, 0.05) is 16.8 Å². The maximum Gasteiger partial charge on any atom is 0.146 e. The molecule has 0 spiro atoms. The van der Waals surface area contributed by atoms with Crippen molar-refractivity contribution in [3.8, 4) is 0 Å². The SMILES string of the molecule is CC=C1[C@H](C)CC(=CCP(=O)(c2ccccc2)c2ccccc2)C[C@H]1C. The van der Waals surface area contributed by atoms with Crippen molar-refractivity contribution in [2.75, 3.05) is 6.16 Å². The summed E-state index contributed by atoms with van der Waals surface area (Å²) < 4.78 is 14.1. The van der Waals surface area contributed by atoms with Crippen molar-refractivity contribution < 1.29 is 4.57 Å². The molecule has 0 aromatic heterocycles. The van der Waals surface area contributed by atoms with Crippen LogP contribution in [0.4, 0.5) is 0 Å². The third-order valence-electron chi connectivity index (χ3n) is 5.59. The number of rotatable bonds is 4. The fraction of sp³-hybridized carbons (Fsp3) is 0.333. The summed E-state index contributed by atoms with van der Waals surface area (Å²) in [4.78, 5) is 0.